The number of hydrogen-bond acceptors (Lipinski definition) is 2. The fraction of sp³-hybridized carbons (Fsp3) is 1.00. The van der Waals surface area contributed by atoms with Gasteiger partial charge in [-0.1, -0.05) is 25.7 Å². The third-order valence-corrected chi connectivity index (χ3v) is 5.09. The quantitative estimate of drug-likeness (QED) is 0.766. The van der Waals surface area contributed by atoms with Crippen LogP contribution < -0.4 is 5.32 Å². The summed E-state index contributed by atoms with van der Waals surface area (Å²) >= 11 is 0. The topological polar surface area (TPSA) is 21.3 Å². The molecule has 2 nitrogen and oxygen atoms in total. The van der Waals surface area contributed by atoms with E-state index in [2.05, 4.69) is 5.32 Å². The van der Waals surface area contributed by atoms with Crippen molar-refractivity contribution in [2.45, 2.75) is 63.8 Å². The molecule has 2 aliphatic carbocycles. The second kappa shape index (κ2) is 5.27. The van der Waals surface area contributed by atoms with Crippen LogP contribution in [0.25, 0.3) is 0 Å². The van der Waals surface area contributed by atoms with Gasteiger partial charge in [-0.25, -0.2) is 0 Å². The van der Waals surface area contributed by atoms with Gasteiger partial charge in [0.2, 0.25) is 0 Å². The Kier molecular flexibility index (Phi) is 3.72. The predicted octanol–water partition coefficient (Wildman–Crippen LogP) is 3.12. The van der Waals surface area contributed by atoms with E-state index in [0.29, 0.717) is 5.41 Å². The molecule has 3 rings (SSSR count). The monoisotopic (exact) mass is 237 g/mol. The first kappa shape index (κ1) is 12.0. The van der Waals surface area contributed by atoms with Gasteiger partial charge >= 0.3 is 0 Å². The van der Waals surface area contributed by atoms with Crippen LogP contribution in [0.15, 0.2) is 0 Å². The Hall–Kier alpha value is -0.0800. The van der Waals surface area contributed by atoms with Crippen LogP contribution in [0.4, 0.5) is 0 Å². The van der Waals surface area contributed by atoms with Gasteiger partial charge in [0.1, 0.15) is 0 Å². The van der Waals surface area contributed by atoms with Gasteiger partial charge in [0, 0.05) is 24.6 Å². The number of rotatable bonds is 6. The van der Waals surface area contributed by atoms with Crippen LogP contribution in [0.3, 0.4) is 0 Å². The van der Waals surface area contributed by atoms with Crippen LogP contribution in [0.2, 0.25) is 0 Å². The Labute approximate surface area is 105 Å². The van der Waals surface area contributed by atoms with E-state index in [9.17, 15) is 0 Å². The number of nitrogens with one attached hydrogen (secondary N) is 1. The predicted molar refractivity (Wildman–Crippen MR) is 70.1 cm³/mol. The Morgan fingerprint density at radius 2 is 1.94 bits per heavy atom. The average Bonchev–Trinajstić information content (AvgIpc) is 2.86. The molecule has 0 radical (unpaired) electrons. The molecule has 2 saturated carbocycles. The Bertz CT molecular complexity index is 237. The fourth-order valence-electron chi connectivity index (χ4n) is 3.53. The zero-order valence-corrected chi connectivity index (χ0v) is 11.0. The third-order valence-electron chi connectivity index (χ3n) is 5.09. The zero-order chi connectivity index (χ0) is 11.6. The molecule has 98 valence electrons. The summed E-state index contributed by atoms with van der Waals surface area (Å²) in [6, 6.07) is 0.846. The smallest absolute Gasteiger partial charge is 0.0535 e. The van der Waals surface area contributed by atoms with Crippen molar-refractivity contribution in [1.82, 2.24) is 5.32 Å². The molecule has 3 aliphatic rings. The molecule has 1 unspecified atom stereocenters. The standard InChI is InChI=1S/C15H27NO/c1-2-4-13(3-1)7-8-15(9-10-17-12-15)11-16-14-5-6-14/h13-14,16H,1-12H2. The summed E-state index contributed by atoms with van der Waals surface area (Å²) in [6.45, 7) is 3.22. The van der Waals surface area contributed by atoms with Gasteiger partial charge in [-0.3, -0.25) is 0 Å². The average molecular weight is 237 g/mol. The first-order valence-electron chi connectivity index (χ1n) is 7.68. The summed E-state index contributed by atoms with van der Waals surface area (Å²) in [5.74, 6) is 1.04. The molecule has 1 heterocycles. The molecule has 1 saturated heterocycles. The number of ether oxygens (including phenoxy) is 1. The first-order chi connectivity index (χ1) is 8.36. The molecule has 1 N–H and O–H groups in total. The Morgan fingerprint density at radius 3 is 2.59 bits per heavy atom. The highest BCUT2D eigenvalue weighted by molar-refractivity contribution is 4.90. The van der Waals surface area contributed by atoms with E-state index in [0.717, 1.165) is 25.2 Å². The molecule has 1 aliphatic heterocycles. The molecule has 0 aromatic heterocycles. The van der Waals surface area contributed by atoms with E-state index in [1.54, 1.807) is 0 Å². The van der Waals surface area contributed by atoms with Crippen molar-refractivity contribution in [3.8, 4) is 0 Å². The maximum atomic E-state index is 5.69. The fourth-order valence-corrected chi connectivity index (χ4v) is 3.53. The normalized spacial score (nSPS) is 34.6. The zero-order valence-electron chi connectivity index (χ0n) is 11.0. The summed E-state index contributed by atoms with van der Waals surface area (Å²) in [5.41, 5.74) is 0.491. The minimum atomic E-state index is 0.491. The summed E-state index contributed by atoms with van der Waals surface area (Å²) < 4.78 is 5.69. The van der Waals surface area contributed by atoms with E-state index in [1.165, 1.54) is 64.3 Å². The van der Waals surface area contributed by atoms with Crippen LogP contribution in [-0.4, -0.2) is 25.8 Å². The molecule has 17 heavy (non-hydrogen) atoms. The van der Waals surface area contributed by atoms with E-state index < -0.39 is 0 Å². The minimum Gasteiger partial charge on any atom is -0.381 e. The van der Waals surface area contributed by atoms with Crippen LogP contribution >= 0.6 is 0 Å². The summed E-state index contributed by atoms with van der Waals surface area (Å²) in [5, 5.41) is 3.73. The molecule has 0 bridgehead atoms. The van der Waals surface area contributed by atoms with Crippen LogP contribution in [0.5, 0.6) is 0 Å². The lowest BCUT2D eigenvalue weighted by Crippen LogP contribution is -2.36. The van der Waals surface area contributed by atoms with Crippen LogP contribution in [0.1, 0.15) is 57.8 Å². The highest BCUT2D eigenvalue weighted by Gasteiger charge is 2.36. The van der Waals surface area contributed by atoms with Crippen molar-refractivity contribution >= 4 is 0 Å². The van der Waals surface area contributed by atoms with Crippen molar-refractivity contribution in [2.75, 3.05) is 19.8 Å². The SMILES string of the molecule is C1CCC(CCC2(CNC3CC3)CCOC2)C1. The van der Waals surface area contributed by atoms with Crippen molar-refractivity contribution < 1.29 is 4.74 Å². The molecule has 0 spiro atoms. The summed E-state index contributed by atoms with van der Waals surface area (Å²) in [6.07, 6.45) is 12.9. The van der Waals surface area contributed by atoms with Gasteiger partial charge in [0.05, 0.1) is 6.61 Å². The molecule has 3 fully saturated rings. The molecule has 2 heteroatoms. The van der Waals surface area contributed by atoms with Gasteiger partial charge in [-0.05, 0) is 38.0 Å². The van der Waals surface area contributed by atoms with Gasteiger partial charge in [-0.15, -0.1) is 0 Å². The maximum Gasteiger partial charge on any atom is 0.0535 e. The summed E-state index contributed by atoms with van der Waals surface area (Å²) in [4.78, 5) is 0. The Morgan fingerprint density at radius 1 is 1.12 bits per heavy atom. The van der Waals surface area contributed by atoms with Crippen molar-refractivity contribution in [2.24, 2.45) is 11.3 Å². The Balaban J connectivity index is 1.47. The second-order valence-corrected chi connectivity index (χ2v) is 6.65. The van der Waals surface area contributed by atoms with E-state index in [-0.39, 0.29) is 0 Å². The highest BCUT2D eigenvalue weighted by atomic mass is 16.5. The minimum absolute atomic E-state index is 0.491. The third kappa shape index (κ3) is 3.23. The largest absolute Gasteiger partial charge is 0.381 e. The van der Waals surface area contributed by atoms with Gasteiger partial charge in [0.25, 0.3) is 0 Å². The lowest BCUT2D eigenvalue weighted by molar-refractivity contribution is 0.138. The summed E-state index contributed by atoms with van der Waals surface area (Å²) in [7, 11) is 0. The highest BCUT2D eigenvalue weighted by Crippen LogP contribution is 2.38. The number of hydrogen-bond donors (Lipinski definition) is 1. The first-order valence-corrected chi connectivity index (χ1v) is 7.68. The molecule has 0 aromatic rings. The van der Waals surface area contributed by atoms with Crippen molar-refractivity contribution in [3.63, 3.8) is 0 Å². The lowest BCUT2D eigenvalue weighted by atomic mass is 9.80. The van der Waals surface area contributed by atoms with Crippen molar-refractivity contribution in [1.29, 1.82) is 0 Å². The maximum absolute atomic E-state index is 5.69. The lowest BCUT2D eigenvalue weighted by Gasteiger charge is -2.29. The van der Waals surface area contributed by atoms with Crippen LogP contribution in [-0.2, 0) is 4.74 Å². The van der Waals surface area contributed by atoms with Gasteiger partial charge < -0.3 is 10.1 Å². The second-order valence-electron chi connectivity index (χ2n) is 6.65. The van der Waals surface area contributed by atoms with E-state index in [4.69, 9.17) is 4.74 Å². The molecule has 1 atom stereocenters. The van der Waals surface area contributed by atoms with Gasteiger partial charge in [0.15, 0.2) is 0 Å². The van der Waals surface area contributed by atoms with Crippen molar-refractivity contribution in [3.05, 3.63) is 0 Å². The van der Waals surface area contributed by atoms with E-state index >= 15 is 0 Å². The van der Waals surface area contributed by atoms with E-state index in [1.807, 2.05) is 0 Å². The molecular formula is C15H27NO. The van der Waals surface area contributed by atoms with Gasteiger partial charge in [-0.2, -0.15) is 0 Å². The molecule has 0 amide bonds. The molecular weight excluding hydrogens is 210 g/mol. The molecule has 0 aromatic carbocycles. The van der Waals surface area contributed by atoms with Crippen LogP contribution in [0, 0.1) is 11.3 Å².